The SMILES string of the molecule is CCCCCCCCCCCCCCCCCC[N+](CCO)(CCO)CCC(O)CS(=O)(=O)O. The molecule has 1 unspecified atom stereocenters. The first-order chi connectivity index (χ1) is 16.3. The fourth-order valence-electron chi connectivity index (χ4n) is 4.84. The summed E-state index contributed by atoms with van der Waals surface area (Å²) in [6.45, 7) is 4.42. The van der Waals surface area contributed by atoms with Crippen molar-refractivity contribution in [2.75, 3.05) is 45.1 Å². The molecule has 0 aromatic rings. The van der Waals surface area contributed by atoms with Crippen LogP contribution in [0.2, 0.25) is 0 Å². The van der Waals surface area contributed by atoms with E-state index in [0.29, 0.717) is 24.1 Å². The van der Waals surface area contributed by atoms with Crippen LogP contribution in [-0.2, 0) is 10.1 Å². The van der Waals surface area contributed by atoms with Gasteiger partial charge in [-0.05, 0) is 12.8 Å². The minimum atomic E-state index is -4.22. The van der Waals surface area contributed by atoms with Crippen LogP contribution in [0.25, 0.3) is 0 Å². The molecule has 0 aliphatic heterocycles. The number of aliphatic hydroxyl groups is 3. The van der Waals surface area contributed by atoms with Crippen molar-refractivity contribution in [3.63, 3.8) is 0 Å². The zero-order chi connectivity index (χ0) is 25.5. The highest BCUT2D eigenvalue weighted by Crippen LogP contribution is 2.16. The summed E-state index contributed by atoms with van der Waals surface area (Å²) in [5, 5.41) is 29.0. The number of nitrogens with zero attached hydrogens (tertiary/aromatic N) is 1. The largest absolute Gasteiger partial charge is 0.392 e. The van der Waals surface area contributed by atoms with Crippen LogP contribution < -0.4 is 0 Å². The summed E-state index contributed by atoms with van der Waals surface area (Å²) in [5.74, 6) is -0.676. The highest BCUT2D eigenvalue weighted by atomic mass is 32.2. The maximum atomic E-state index is 11.0. The van der Waals surface area contributed by atoms with Crippen LogP contribution >= 0.6 is 0 Å². The van der Waals surface area contributed by atoms with Gasteiger partial charge in [-0.1, -0.05) is 96.8 Å². The van der Waals surface area contributed by atoms with Crippen molar-refractivity contribution in [3.8, 4) is 0 Å². The van der Waals surface area contributed by atoms with Crippen LogP contribution in [-0.4, -0.2) is 84.0 Å². The Bertz CT molecular complexity index is 537. The molecule has 0 saturated carbocycles. The van der Waals surface area contributed by atoms with Gasteiger partial charge in [0.2, 0.25) is 0 Å². The normalized spacial score (nSPS) is 13.4. The van der Waals surface area contributed by atoms with Gasteiger partial charge in [-0.25, -0.2) is 0 Å². The van der Waals surface area contributed by atoms with Crippen LogP contribution in [0, 0.1) is 0 Å². The molecule has 0 aliphatic rings. The van der Waals surface area contributed by atoms with Gasteiger partial charge in [0.05, 0.1) is 32.4 Å². The van der Waals surface area contributed by atoms with Crippen LogP contribution in [0.5, 0.6) is 0 Å². The third-order valence-electron chi connectivity index (χ3n) is 6.97. The van der Waals surface area contributed by atoms with E-state index in [-0.39, 0.29) is 19.6 Å². The Hall–Kier alpha value is -0.250. The maximum absolute atomic E-state index is 11.0. The number of hydrogen-bond donors (Lipinski definition) is 4. The molecule has 0 radical (unpaired) electrons. The molecule has 8 heteroatoms. The third kappa shape index (κ3) is 21.1. The lowest BCUT2D eigenvalue weighted by molar-refractivity contribution is -0.929. The Morgan fingerprint density at radius 3 is 1.35 bits per heavy atom. The predicted octanol–water partition coefficient (Wildman–Crippen LogP) is 4.69. The second kappa shape index (κ2) is 22.0. The average molecular weight is 511 g/mol. The molecule has 34 heavy (non-hydrogen) atoms. The van der Waals surface area contributed by atoms with Crippen LogP contribution in [0.15, 0.2) is 0 Å². The highest BCUT2D eigenvalue weighted by Gasteiger charge is 2.28. The molecular weight excluding hydrogens is 454 g/mol. The van der Waals surface area contributed by atoms with Gasteiger partial charge in [-0.2, -0.15) is 8.42 Å². The van der Waals surface area contributed by atoms with E-state index in [1.54, 1.807) is 0 Å². The second-order valence-corrected chi connectivity index (χ2v) is 11.7. The summed E-state index contributed by atoms with van der Waals surface area (Å²) >= 11 is 0. The quantitative estimate of drug-likeness (QED) is 0.0762. The van der Waals surface area contributed by atoms with E-state index in [1.807, 2.05) is 0 Å². The van der Waals surface area contributed by atoms with Crippen molar-refractivity contribution < 1.29 is 32.8 Å². The summed E-state index contributed by atoms with van der Waals surface area (Å²) in [7, 11) is -4.22. The lowest BCUT2D eigenvalue weighted by Crippen LogP contribution is -2.53. The second-order valence-electron chi connectivity index (χ2n) is 10.2. The van der Waals surface area contributed by atoms with Gasteiger partial charge in [0.1, 0.15) is 18.8 Å². The molecule has 0 amide bonds. The van der Waals surface area contributed by atoms with Crippen molar-refractivity contribution in [3.05, 3.63) is 0 Å². The molecule has 0 aliphatic carbocycles. The van der Waals surface area contributed by atoms with Crippen LogP contribution in [0.3, 0.4) is 0 Å². The summed E-state index contributed by atoms with van der Waals surface area (Å²) in [5.41, 5.74) is 0. The standard InChI is InChI=1S/C26H55NO6S/c1-2-3-4-5-6-7-8-9-10-11-12-13-14-15-16-17-19-27(21-23-28,22-24-29)20-18-26(30)25-34(31,32)33/h26,28-30H,2-25H2,1H3/p+1. The summed E-state index contributed by atoms with van der Waals surface area (Å²) in [4.78, 5) is 0. The Morgan fingerprint density at radius 2 is 1.00 bits per heavy atom. The molecule has 0 bridgehead atoms. The molecule has 0 spiro atoms. The molecule has 0 aromatic carbocycles. The first-order valence-electron chi connectivity index (χ1n) is 14.0. The topological polar surface area (TPSA) is 115 Å². The van der Waals surface area contributed by atoms with Crippen molar-refractivity contribution in [1.29, 1.82) is 0 Å². The number of unbranched alkanes of at least 4 members (excludes halogenated alkanes) is 15. The first-order valence-corrected chi connectivity index (χ1v) is 15.6. The Morgan fingerprint density at radius 1 is 0.618 bits per heavy atom. The smallest absolute Gasteiger partial charge is 0.267 e. The van der Waals surface area contributed by atoms with Gasteiger partial charge in [-0.15, -0.1) is 0 Å². The van der Waals surface area contributed by atoms with E-state index in [4.69, 9.17) is 4.55 Å². The lowest BCUT2D eigenvalue weighted by Gasteiger charge is -2.38. The van der Waals surface area contributed by atoms with Crippen LogP contribution in [0.4, 0.5) is 0 Å². The van der Waals surface area contributed by atoms with Gasteiger partial charge >= 0.3 is 0 Å². The lowest BCUT2D eigenvalue weighted by atomic mass is 10.0. The van der Waals surface area contributed by atoms with Crippen molar-refractivity contribution in [1.82, 2.24) is 0 Å². The molecule has 0 aromatic heterocycles. The zero-order valence-corrected chi connectivity index (χ0v) is 22.8. The molecular formula is C26H56NO6S+. The zero-order valence-electron chi connectivity index (χ0n) is 22.0. The summed E-state index contributed by atoms with van der Waals surface area (Å²) in [6.07, 6.45) is 20.0. The van der Waals surface area contributed by atoms with Gasteiger partial charge in [0.25, 0.3) is 10.1 Å². The molecule has 1 atom stereocenters. The van der Waals surface area contributed by atoms with Crippen molar-refractivity contribution in [2.45, 2.75) is 122 Å². The maximum Gasteiger partial charge on any atom is 0.267 e. The average Bonchev–Trinajstić information content (AvgIpc) is 2.76. The molecule has 0 fully saturated rings. The molecule has 206 valence electrons. The molecule has 7 nitrogen and oxygen atoms in total. The van der Waals surface area contributed by atoms with E-state index in [9.17, 15) is 23.7 Å². The van der Waals surface area contributed by atoms with E-state index < -0.39 is 22.0 Å². The number of quaternary nitrogens is 1. The molecule has 4 N–H and O–H groups in total. The number of hydrogen-bond acceptors (Lipinski definition) is 5. The molecule has 0 heterocycles. The predicted molar refractivity (Wildman–Crippen MR) is 140 cm³/mol. The third-order valence-corrected chi connectivity index (χ3v) is 7.78. The number of aliphatic hydroxyl groups excluding tert-OH is 3. The van der Waals surface area contributed by atoms with Gasteiger partial charge in [-0.3, -0.25) is 4.55 Å². The Balaban J connectivity index is 3.92. The minimum Gasteiger partial charge on any atom is -0.392 e. The van der Waals surface area contributed by atoms with Crippen LogP contribution in [0.1, 0.15) is 116 Å². The number of rotatable bonds is 26. The summed E-state index contributed by atoms with van der Waals surface area (Å²) < 4.78 is 31.3. The van der Waals surface area contributed by atoms with Crippen molar-refractivity contribution in [2.24, 2.45) is 0 Å². The van der Waals surface area contributed by atoms with Gasteiger partial charge in [0, 0.05) is 6.42 Å². The van der Waals surface area contributed by atoms with Crippen molar-refractivity contribution >= 4 is 10.1 Å². The van der Waals surface area contributed by atoms with E-state index in [1.165, 1.54) is 89.9 Å². The minimum absolute atomic E-state index is 0.0206. The molecule has 0 saturated heterocycles. The van der Waals surface area contributed by atoms with E-state index in [2.05, 4.69) is 6.92 Å². The fourth-order valence-corrected chi connectivity index (χ4v) is 5.49. The summed E-state index contributed by atoms with van der Waals surface area (Å²) in [6, 6.07) is 0. The fraction of sp³-hybridized carbons (Fsp3) is 1.00. The highest BCUT2D eigenvalue weighted by molar-refractivity contribution is 7.85. The van der Waals surface area contributed by atoms with Gasteiger partial charge in [0.15, 0.2) is 0 Å². The monoisotopic (exact) mass is 510 g/mol. The first kappa shape index (κ1) is 33.8. The van der Waals surface area contributed by atoms with E-state index >= 15 is 0 Å². The molecule has 0 rings (SSSR count). The van der Waals surface area contributed by atoms with Gasteiger partial charge < -0.3 is 19.8 Å². The Labute approximate surface area is 210 Å². The van der Waals surface area contributed by atoms with E-state index in [0.717, 1.165) is 19.4 Å². The Kier molecular flexibility index (Phi) is 21.8.